The minimum Gasteiger partial charge on any atom is -0.459 e. The first-order valence-electron chi connectivity index (χ1n) is 10.1. The summed E-state index contributed by atoms with van der Waals surface area (Å²) >= 11 is 0. The predicted molar refractivity (Wildman–Crippen MR) is 90.6 cm³/mol. The highest BCUT2D eigenvalue weighted by Gasteiger charge is 3.01. The van der Waals surface area contributed by atoms with E-state index in [1.165, 1.54) is 6.92 Å². The van der Waals surface area contributed by atoms with Crippen LogP contribution in [0.3, 0.4) is 0 Å². The van der Waals surface area contributed by atoms with Gasteiger partial charge in [-0.25, -0.2) is 9.59 Å². The molecule has 4 saturated heterocycles. The van der Waals surface area contributed by atoms with E-state index in [0.717, 1.165) is 0 Å². The lowest BCUT2D eigenvalue weighted by atomic mass is 9.51. The summed E-state index contributed by atoms with van der Waals surface area (Å²) in [6, 6.07) is 0. The van der Waals surface area contributed by atoms with E-state index in [9.17, 15) is 24.6 Å². The van der Waals surface area contributed by atoms with Crippen LogP contribution in [0.4, 0.5) is 0 Å². The van der Waals surface area contributed by atoms with Crippen molar-refractivity contribution in [3.8, 4) is 0 Å². The number of carbonyl (C=O) groups is 3. The average Bonchev–Trinajstić information content (AvgIpc) is 3.31. The maximum atomic E-state index is 13.3. The van der Waals surface area contributed by atoms with E-state index in [-0.39, 0.29) is 17.8 Å². The van der Waals surface area contributed by atoms with Gasteiger partial charge in [-0.1, -0.05) is 20.8 Å². The van der Waals surface area contributed by atoms with Gasteiger partial charge in [0.05, 0.1) is 16.7 Å². The van der Waals surface area contributed by atoms with Crippen molar-refractivity contribution >= 4 is 17.9 Å². The maximum absolute atomic E-state index is 13.3. The number of hydrogen-bond donors (Lipinski definition) is 2. The lowest BCUT2D eigenvalue weighted by Gasteiger charge is -2.46. The van der Waals surface area contributed by atoms with Gasteiger partial charge in [-0.15, -0.1) is 0 Å². The summed E-state index contributed by atoms with van der Waals surface area (Å²) in [5, 5.41) is 23.0. The second-order valence-electron chi connectivity index (χ2n) is 10.6. The van der Waals surface area contributed by atoms with Crippen molar-refractivity contribution in [2.45, 2.75) is 76.3 Å². The normalized spacial score (nSPS) is 59.2. The third-order valence-electron chi connectivity index (χ3n) is 8.97. The summed E-state index contributed by atoms with van der Waals surface area (Å²) in [5.74, 6) is -3.52. The van der Waals surface area contributed by atoms with Gasteiger partial charge in [0, 0.05) is 6.42 Å². The number of fused-ring (bicyclic) bond motifs is 1. The van der Waals surface area contributed by atoms with Crippen LogP contribution >= 0.6 is 0 Å². The summed E-state index contributed by atoms with van der Waals surface area (Å²) in [7, 11) is 0. The molecule has 9 nitrogen and oxygen atoms in total. The number of carbonyl (C=O) groups excluding carboxylic acids is 3. The quantitative estimate of drug-likeness (QED) is 0.408. The van der Waals surface area contributed by atoms with E-state index >= 15 is 0 Å². The third kappa shape index (κ3) is 1.35. The van der Waals surface area contributed by atoms with Gasteiger partial charge in [0.1, 0.15) is 12.2 Å². The van der Waals surface area contributed by atoms with Gasteiger partial charge in [-0.3, -0.25) is 4.79 Å². The zero-order chi connectivity index (χ0) is 20.9. The molecule has 0 amide bonds. The molecule has 0 radical (unpaired) electrons. The zero-order valence-corrected chi connectivity index (χ0v) is 16.6. The van der Waals surface area contributed by atoms with Gasteiger partial charge in [-0.05, 0) is 24.7 Å². The van der Waals surface area contributed by atoms with E-state index < -0.39 is 70.5 Å². The molecule has 0 bridgehead atoms. The summed E-state index contributed by atoms with van der Waals surface area (Å²) in [6.45, 7) is 7.47. The summed E-state index contributed by atoms with van der Waals surface area (Å²) in [6.07, 6.45) is -3.96. The topological polar surface area (TPSA) is 129 Å². The van der Waals surface area contributed by atoms with Crippen molar-refractivity contribution in [1.29, 1.82) is 0 Å². The number of aliphatic hydroxyl groups is 2. The Kier molecular flexibility index (Phi) is 2.79. The number of esters is 3. The maximum Gasteiger partial charge on any atom is 0.342 e. The molecular formula is C20H24O9. The lowest BCUT2D eigenvalue weighted by molar-refractivity contribution is -0.238. The molecule has 5 unspecified atom stereocenters. The van der Waals surface area contributed by atoms with Crippen LogP contribution in [0.25, 0.3) is 0 Å². The second-order valence-corrected chi connectivity index (χ2v) is 10.6. The molecule has 2 aliphatic carbocycles. The second kappa shape index (κ2) is 4.48. The standard InChI is InChI=1S/C20H24O9/c1-7-12(22)26-10-6-17-9-5-8(16(2,3)4)18(17)11(21)13(23)28-15(18)29-20(17,14(24)27-9)19(7,10)25/h7-11,15,21,25H,5-6H2,1-4H3/t7-,8+,9?,10+,11+,15?,17?,18?,19-,20?/m1/s1. The number of hydrogen-bond acceptors (Lipinski definition) is 9. The number of aliphatic hydroxyl groups excluding tert-OH is 1. The first kappa shape index (κ1) is 18.1. The number of rotatable bonds is 0. The van der Waals surface area contributed by atoms with Crippen LogP contribution in [0.2, 0.25) is 0 Å². The van der Waals surface area contributed by atoms with Crippen LogP contribution in [0, 0.1) is 28.1 Å². The Morgan fingerprint density at radius 2 is 1.72 bits per heavy atom. The third-order valence-corrected chi connectivity index (χ3v) is 8.97. The molecule has 9 heteroatoms. The molecule has 0 aromatic heterocycles. The average molecular weight is 408 g/mol. The van der Waals surface area contributed by atoms with Crippen LogP contribution in [0.15, 0.2) is 0 Å². The predicted octanol–water partition coefficient (Wildman–Crippen LogP) is -0.340. The Bertz CT molecular complexity index is 893. The fourth-order valence-electron chi connectivity index (χ4n) is 8.06. The van der Waals surface area contributed by atoms with E-state index in [1.807, 2.05) is 20.8 Å². The van der Waals surface area contributed by atoms with Gasteiger partial charge in [0.25, 0.3) is 0 Å². The molecule has 2 saturated carbocycles. The monoisotopic (exact) mass is 408 g/mol. The Morgan fingerprint density at radius 1 is 1.03 bits per heavy atom. The van der Waals surface area contributed by atoms with Crippen molar-refractivity contribution < 1.29 is 43.5 Å². The minimum absolute atomic E-state index is 0.0623. The molecule has 4 aliphatic heterocycles. The Morgan fingerprint density at radius 3 is 2.38 bits per heavy atom. The molecular weight excluding hydrogens is 384 g/mol. The molecule has 4 heterocycles. The van der Waals surface area contributed by atoms with Crippen LogP contribution in [0.5, 0.6) is 0 Å². The molecule has 2 spiro atoms. The first-order chi connectivity index (χ1) is 13.4. The lowest BCUT2D eigenvalue weighted by Crippen LogP contribution is -2.66. The van der Waals surface area contributed by atoms with E-state index in [0.29, 0.717) is 6.42 Å². The van der Waals surface area contributed by atoms with Gasteiger partial charge >= 0.3 is 17.9 Å². The molecule has 6 aliphatic rings. The largest absolute Gasteiger partial charge is 0.459 e. The van der Waals surface area contributed by atoms with Gasteiger partial charge in [-0.2, -0.15) is 0 Å². The summed E-state index contributed by atoms with van der Waals surface area (Å²) in [4.78, 5) is 38.1. The van der Waals surface area contributed by atoms with Gasteiger partial charge in [0.2, 0.25) is 11.9 Å². The molecule has 6 fully saturated rings. The first-order valence-corrected chi connectivity index (χ1v) is 10.1. The highest BCUT2D eigenvalue weighted by molar-refractivity contribution is 5.93. The highest BCUT2D eigenvalue weighted by atomic mass is 16.8. The van der Waals surface area contributed by atoms with E-state index in [1.54, 1.807) is 0 Å². The fourth-order valence-corrected chi connectivity index (χ4v) is 8.06. The van der Waals surface area contributed by atoms with E-state index in [4.69, 9.17) is 18.9 Å². The Labute approximate surface area is 166 Å². The van der Waals surface area contributed by atoms with Crippen LogP contribution in [-0.4, -0.2) is 63.9 Å². The Hall–Kier alpha value is -1.71. The van der Waals surface area contributed by atoms with Crippen LogP contribution < -0.4 is 0 Å². The molecule has 10 atom stereocenters. The fraction of sp³-hybridized carbons (Fsp3) is 0.850. The zero-order valence-electron chi connectivity index (χ0n) is 16.6. The molecule has 6 rings (SSSR count). The van der Waals surface area contributed by atoms with Crippen LogP contribution in [0.1, 0.15) is 40.5 Å². The van der Waals surface area contributed by atoms with Crippen molar-refractivity contribution in [1.82, 2.24) is 0 Å². The highest BCUT2D eigenvalue weighted by Crippen LogP contribution is 2.84. The summed E-state index contributed by atoms with van der Waals surface area (Å²) < 4.78 is 22.9. The van der Waals surface area contributed by atoms with Crippen molar-refractivity contribution in [3.05, 3.63) is 0 Å². The molecule has 158 valence electrons. The molecule has 29 heavy (non-hydrogen) atoms. The van der Waals surface area contributed by atoms with Crippen molar-refractivity contribution in [3.63, 3.8) is 0 Å². The Balaban J connectivity index is 1.68. The van der Waals surface area contributed by atoms with Crippen molar-refractivity contribution in [2.75, 3.05) is 0 Å². The van der Waals surface area contributed by atoms with Gasteiger partial charge in [0.15, 0.2) is 11.7 Å². The smallest absolute Gasteiger partial charge is 0.342 e. The van der Waals surface area contributed by atoms with E-state index in [2.05, 4.69) is 0 Å². The van der Waals surface area contributed by atoms with Crippen LogP contribution in [-0.2, 0) is 33.3 Å². The molecule has 0 aromatic carbocycles. The number of ether oxygens (including phenoxy) is 4. The van der Waals surface area contributed by atoms with Crippen molar-refractivity contribution in [2.24, 2.45) is 28.1 Å². The minimum atomic E-state index is -1.97. The summed E-state index contributed by atoms with van der Waals surface area (Å²) in [5.41, 5.74) is -6.81. The van der Waals surface area contributed by atoms with Gasteiger partial charge < -0.3 is 29.2 Å². The molecule has 2 N–H and O–H groups in total. The SMILES string of the molecule is C[C@@H]1C(=O)O[C@H]2CC34C5C[C@@H](C(C)(C)C)C36C(OC(=O)[C@@H]6O)OC4(C(=O)O5)[C@]21O. The molecule has 0 aromatic rings.